The van der Waals surface area contributed by atoms with Crippen molar-refractivity contribution in [2.24, 2.45) is 5.73 Å². The lowest BCUT2D eigenvalue weighted by molar-refractivity contribution is -0.137. The molecule has 4 N–H and O–H groups in total. The number of carbonyl (C=O) groups excluding carboxylic acids is 1. The van der Waals surface area contributed by atoms with Crippen LogP contribution in [0.3, 0.4) is 0 Å². The first-order valence-corrected chi connectivity index (χ1v) is 5.85. The fourth-order valence-corrected chi connectivity index (χ4v) is 1.70. The first-order chi connectivity index (χ1) is 8.40. The molecule has 18 heavy (non-hydrogen) atoms. The Bertz CT molecular complexity index is 463. The summed E-state index contributed by atoms with van der Waals surface area (Å²) in [5.74, 6) is -1.41. The highest BCUT2D eigenvalue weighted by Gasteiger charge is 2.12. The van der Waals surface area contributed by atoms with Crippen molar-refractivity contribution in [3.63, 3.8) is 0 Å². The minimum Gasteiger partial charge on any atom is -0.481 e. The number of amides is 1. The second-order valence-electron chi connectivity index (χ2n) is 4.03. The molecular formula is C12H15ClN2O3. The molecule has 0 heterocycles. The molecule has 6 heteroatoms. The standard InChI is InChI=1S/C12H15ClN2O3/c1-7(2-5-11(16)17)15-10-6-8(13)3-4-9(10)12(14)18/h3-4,6-7,15H,2,5H2,1H3,(H2,14,18)(H,16,17). The molecule has 0 aliphatic carbocycles. The van der Waals surface area contributed by atoms with Gasteiger partial charge in [-0.25, -0.2) is 0 Å². The highest BCUT2D eigenvalue weighted by Crippen LogP contribution is 2.22. The zero-order chi connectivity index (χ0) is 13.7. The molecule has 0 saturated carbocycles. The van der Waals surface area contributed by atoms with E-state index in [9.17, 15) is 9.59 Å². The van der Waals surface area contributed by atoms with Crippen LogP contribution in [0.2, 0.25) is 5.02 Å². The van der Waals surface area contributed by atoms with E-state index in [-0.39, 0.29) is 12.5 Å². The van der Waals surface area contributed by atoms with Gasteiger partial charge < -0.3 is 16.2 Å². The Kier molecular flexibility index (Phi) is 4.97. The summed E-state index contributed by atoms with van der Waals surface area (Å²) in [5, 5.41) is 12.1. The third-order valence-corrected chi connectivity index (χ3v) is 2.68. The molecule has 1 amide bonds. The number of nitrogens with one attached hydrogen (secondary N) is 1. The van der Waals surface area contributed by atoms with Gasteiger partial charge in [0.2, 0.25) is 0 Å². The van der Waals surface area contributed by atoms with Crippen molar-refractivity contribution in [2.75, 3.05) is 5.32 Å². The molecule has 0 aromatic heterocycles. The SMILES string of the molecule is CC(CCC(=O)O)Nc1cc(Cl)ccc1C(N)=O. The van der Waals surface area contributed by atoms with Crippen molar-refractivity contribution in [3.05, 3.63) is 28.8 Å². The molecule has 0 spiro atoms. The van der Waals surface area contributed by atoms with Crippen molar-refractivity contribution in [2.45, 2.75) is 25.8 Å². The predicted molar refractivity (Wildman–Crippen MR) is 69.9 cm³/mol. The number of rotatable bonds is 6. The second-order valence-corrected chi connectivity index (χ2v) is 4.47. The van der Waals surface area contributed by atoms with Crippen LogP contribution in [0.15, 0.2) is 18.2 Å². The van der Waals surface area contributed by atoms with Crippen LogP contribution in [0.4, 0.5) is 5.69 Å². The summed E-state index contributed by atoms with van der Waals surface area (Å²) < 4.78 is 0. The smallest absolute Gasteiger partial charge is 0.303 e. The van der Waals surface area contributed by atoms with E-state index in [2.05, 4.69) is 5.32 Å². The molecule has 1 atom stereocenters. The van der Waals surface area contributed by atoms with Crippen LogP contribution in [0, 0.1) is 0 Å². The van der Waals surface area contributed by atoms with Crippen molar-refractivity contribution < 1.29 is 14.7 Å². The van der Waals surface area contributed by atoms with Crippen LogP contribution in [0.25, 0.3) is 0 Å². The van der Waals surface area contributed by atoms with Crippen molar-refractivity contribution >= 4 is 29.2 Å². The minimum atomic E-state index is -0.857. The number of carboxylic acids is 1. The number of carboxylic acid groups (broad SMARTS) is 1. The number of anilines is 1. The number of hydrogen-bond donors (Lipinski definition) is 3. The third-order valence-electron chi connectivity index (χ3n) is 2.44. The van der Waals surface area contributed by atoms with Gasteiger partial charge in [0.1, 0.15) is 0 Å². The summed E-state index contributed by atoms with van der Waals surface area (Å²) >= 11 is 5.85. The van der Waals surface area contributed by atoms with Gasteiger partial charge in [-0.05, 0) is 31.5 Å². The van der Waals surface area contributed by atoms with Crippen LogP contribution < -0.4 is 11.1 Å². The number of halogens is 1. The van der Waals surface area contributed by atoms with Crippen LogP contribution in [0.1, 0.15) is 30.1 Å². The van der Waals surface area contributed by atoms with Gasteiger partial charge in [0.15, 0.2) is 0 Å². The predicted octanol–water partition coefficient (Wildman–Crippen LogP) is 2.10. The van der Waals surface area contributed by atoms with E-state index in [1.807, 2.05) is 6.92 Å². The van der Waals surface area contributed by atoms with Crippen LogP contribution in [-0.4, -0.2) is 23.0 Å². The summed E-state index contributed by atoms with van der Waals surface area (Å²) in [6, 6.07) is 4.61. The van der Waals surface area contributed by atoms with Crippen molar-refractivity contribution in [1.29, 1.82) is 0 Å². The van der Waals surface area contributed by atoms with Crippen LogP contribution in [-0.2, 0) is 4.79 Å². The zero-order valence-electron chi connectivity index (χ0n) is 9.94. The lowest BCUT2D eigenvalue weighted by Crippen LogP contribution is -2.20. The average molecular weight is 271 g/mol. The first-order valence-electron chi connectivity index (χ1n) is 5.48. The largest absolute Gasteiger partial charge is 0.481 e. The highest BCUT2D eigenvalue weighted by molar-refractivity contribution is 6.31. The minimum absolute atomic E-state index is 0.0562. The molecule has 0 aliphatic heterocycles. The van der Waals surface area contributed by atoms with Gasteiger partial charge in [0, 0.05) is 23.2 Å². The number of carbonyl (C=O) groups is 2. The van der Waals surface area contributed by atoms with Gasteiger partial charge in [0.05, 0.1) is 5.56 Å². The van der Waals surface area contributed by atoms with Gasteiger partial charge in [0.25, 0.3) is 5.91 Å². The first kappa shape index (κ1) is 14.3. The van der Waals surface area contributed by atoms with Gasteiger partial charge in [-0.2, -0.15) is 0 Å². The topological polar surface area (TPSA) is 92.4 Å². The molecule has 1 rings (SSSR count). The average Bonchev–Trinajstić information content (AvgIpc) is 2.26. The molecule has 98 valence electrons. The summed E-state index contributed by atoms with van der Waals surface area (Å²) in [5.41, 5.74) is 6.10. The monoisotopic (exact) mass is 270 g/mol. The van der Waals surface area contributed by atoms with Crippen LogP contribution in [0.5, 0.6) is 0 Å². The summed E-state index contributed by atoms with van der Waals surface area (Å²) in [7, 11) is 0. The normalized spacial score (nSPS) is 11.9. The van der Waals surface area contributed by atoms with Gasteiger partial charge in [-0.1, -0.05) is 11.6 Å². The Labute approximate surface area is 110 Å². The number of nitrogens with two attached hydrogens (primary N) is 1. The maximum absolute atomic E-state index is 11.2. The summed E-state index contributed by atoms with van der Waals surface area (Å²) in [4.78, 5) is 21.7. The molecular weight excluding hydrogens is 256 g/mol. The number of benzene rings is 1. The molecule has 0 radical (unpaired) electrons. The van der Waals surface area contributed by atoms with Gasteiger partial charge in [-0.3, -0.25) is 9.59 Å². The number of primary amides is 1. The van der Waals surface area contributed by atoms with E-state index in [0.717, 1.165) is 0 Å². The van der Waals surface area contributed by atoms with Gasteiger partial charge in [-0.15, -0.1) is 0 Å². The zero-order valence-corrected chi connectivity index (χ0v) is 10.7. The summed E-state index contributed by atoms with van der Waals surface area (Å²) in [6.45, 7) is 1.83. The fourth-order valence-electron chi connectivity index (χ4n) is 1.53. The highest BCUT2D eigenvalue weighted by atomic mass is 35.5. The maximum Gasteiger partial charge on any atom is 0.303 e. The number of aliphatic carboxylic acids is 1. The van der Waals surface area contributed by atoms with E-state index in [0.29, 0.717) is 22.7 Å². The van der Waals surface area contributed by atoms with E-state index in [1.165, 1.54) is 6.07 Å². The lowest BCUT2D eigenvalue weighted by atomic mass is 10.1. The fraction of sp³-hybridized carbons (Fsp3) is 0.333. The Morgan fingerprint density at radius 1 is 1.50 bits per heavy atom. The molecule has 5 nitrogen and oxygen atoms in total. The third kappa shape index (κ3) is 4.25. The van der Waals surface area contributed by atoms with E-state index < -0.39 is 11.9 Å². The Balaban J connectivity index is 2.79. The van der Waals surface area contributed by atoms with Crippen LogP contribution >= 0.6 is 11.6 Å². The lowest BCUT2D eigenvalue weighted by Gasteiger charge is -2.16. The maximum atomic E-state index is 11.2. The molecule has 1 aromatic rings. The van der Waals surface area contributed by atoms with Crippen molar-refractivity contribution in [1.82, 2.24) is 0 Å². The summed E-state index contributed by atoms with van der Waals surface area (Å²) in [6.07, 6.45) is 0.501. The second kappa shape index (κ2) is 6.26. The Morgan fingerprint density at radius 2 is 2.17 bits per heavy atom. The van der Waals surface area contributed by atoms with E-state index in [4.69, 9.17) is 22.4 Å². The molecule has 1 unspecified atom stereocenters. The Hall–Kier alpha value is -1.75. The number of hydrogen-bond acceptors (Lipinski definition) is 3. The molecule has 0 bridgehead atoms. The van der Waals surface area contributed by atoms with Crippen molar-refractivity contribution in [3.8, 4) is 0 Å². The quantitative estimate of drug-likeness (QED) is 0.738. The van der Waals surface area contributed by atoms with Gasteiger partial charge >= 0.3 is 5.97 Å². The van der Waals surface area contributed by atoms with E-state index >= 15 is 0 Å². The molecule has 0 fully saturated rings. The molecule has 0 saturated heterocycles. The van der Waals surface area contributed by atoms with E-state index in [1.54, 1.807) is 12.1 Å². The molecule has 1 aromatic carbocycles. The Morgan fingerprint density at radius 3 is 2.72 bits per heavy atom. The molecule has 0 aliphatic rings.